The Balaban J connectivity index is 2.72. The van der Waals surface area contributed by atoms with Gasteiger partial charge in [-0.1, -0.05) is 13.8 Å². The van der Waals surface area contributed by atoms with Gasteiger partial charge in [-0.3, -0.25) is 4.79 Å². The summed E-state index contributed by atoms with van der Waals surface area (Å²) in [6.07, 6.45) is 0.349. The molecule has 0 aliphatic carbocycles. The third kappa shape index (κ3) is 4.16. The topological polar surface area (TPSA) is 66.4 Å². The lowest BCUT2D eigenvalue weighted by Crippen LogP contribution is -2.41. The van der Waals surface area contributed by atoms with Gasteiger partial charge in [0.15, 0.2) is 0 Å². The van der Waals surface area contributed by atoms with Gasteiger partial charge in [0, 0.05) is 5.56 Å². The maximum atomic E-state index is 12.7. The molecule has 0 saturated carbocycles. The predicted octanol–water partition coefficient (Wildman–Crippen LogP) is 2.05. The van der Waals surface area contributed by atoms with Crippen molar-refractivity contribution in [3.05, 3.63) is 35.6 Å². The molecular weight excluding hydrogens is 237 g/mol. The highest BCUT2D eigenvalue weighted by atomic mass is 19.1. The molecule has 0 heterocycles. The molecular formula is C13H16FNO3. The number of benzene rings is 1. The number of hydrogen-bond acceptors (Lipinski definition) is 2. The summed E-state index contributed by atoms with van der Waals surface area (Å²) in [6.45, 7) is 3.75. The van der Waals surface area contributed by atoms with E-state index >= 15 is 0 Å². The summed E-state index contributed by atoms with van der Waals surface area (Å²) in [4.78, 5) is 22.7. The average Bonchev–Trinajstić information content (AvgIpc) is 2.28. The number of nitrogens with one attached hydrogen (secondary N) is 1. The van der Waals surface area contributed by atoms with Crippen LogP contribution in [0, 0.1) is 11.7 Å². The smallest absolute Gasteiger partial charge is 0.326 e. The summed E-state index contributed by atoms with van der Waals surface area (Å²) in [5.74, 6) is -1.87. The number of carbonyl (C=O) groups excluding carboxylic acids is 1. The Bertz CT molecular complexity index is 428. The van der Waals surface area contributed by atoms with E-state index in [0.717, 1.165) is 12.1 Å². The highest BCUT2D eigenvalue weighted by Crippen LogP contribution is 2.07. The Morgan fingerprint density at radius 1 is 1.28 bits per heavy atom. The highest BCUT2D eigenvalue weighted by Gasteiger charge is 2.21. The van der Waals surface area contributed by atoms with Gasteiger partial charge in [0.1, 0.15) is 11.9 Å². The fourth-order valence-electron chi connectivity index (χ4n) is 1.54. The van der Waals surface area contributed by atoms with E-state index < -0.39 is 23.7 Å². The molecule has 0 fully saturated rings. The summed E-state index contributed by atoms with van der Waals surface area (Å²) in [6, 6.07) is 4.03. The molecule has 1 aromatic carbocycles. The number of amides is 1. The van der Waals surface area contributed by atoms with Crippen molar-refractivity contribution in [1.29, 1.82) is 0 Å². The molecule has 1 aromatic rings. The molecule has 1 amide bonds. The van der Waals surface area contributed by atoms with Crippen LogP contribution in [0.1, 0.15) is 30.6 Å². The van der Waals surface area contributed by atoms with E-state index in [4.69, 9.17) is 5.11 Å². The van der Waals surface area contributed by atoms with Crippen molar-refractivity contribution in [3.8, 4) is 0 Å². The van der Waals surface area contributed by atoms with Gasteiger partial charge < -0.3 is 10.4 Å². The maximum absolute atomic E-state index is 12.7. The molecule has 5 heteroatoms. The maximum Gasteiger partial charge on any atom is 0.326 e. The zero-order chi connectivity index (χ0) is 13.7. The summed E-state index contributed by atoms with van der Waals surface area (Å²) >= 11 is 0. The number of carboxylic acid groups (broad SMARTS) is 1. The molecule has 0 saturated heterocycles. The summed E-state index contributed by atoms with van der Waals surface area (Å²) in [5.41, 5.74) is 0.242. The van der Waals surface area contributed by atoms with E-state index in [9.17, 15) is 14.0 Å². The Labute approximate surface area is 105 Å². The second kappa shape index (κ2) is 6.14. The second-order valence-electron chi connectivity index (χ2n) is 4.50. The van der Waals surface area contributed by atoms with Crippen LogP contribution in [0.25, 0.3) is 0 Å². The summed E-state index contributed by atoms with van der Waals surface area (Å²) < 4.78 is 12.7. The molecule has 18 heavy (non-hydrogen) atoms. The molecule has 0 radical (unpaired) electrons. The number of halogens is 1. The van der Waals surface area contributed by atoms with E-state index in [2.05, 4.69) is 5.32 Å². The summed E-state index contributed by atoms with van der Waals surface area (Å²) in [7, 11) is 0. The molecule has 0 spiro atoms. The standard InChI is InChI=1S/C13H16FNO3/c1-8(2)7-11(13(17)18)15-12(16)9-3-5-10(14)6-4-9/h3-6,8,11H,7H2,1-2H3,(H,15,16)(H,17,18)/t11-/m1/s1. The molecule has 98 valence electrons. The Morgan fingerprint density at radius 3 is 2.28 bits per heavy atom. The molecule has 1 rings (SSSR count). The van der Waals surface area contributed by atoms with E-state index in [1.165, 1.54) is 12.1 Å². The van der Waals surface area contributed by atoms with Gasteiger partial charge in [-0.25, -0.2) is 9.18 Å². The Kier molecular flexibility index (Phi) is 4.83. The average molecular weight is 253 g/mol. The van der Waals surface area contributed by atoms with E-state index in [0.29, 0.717) is 6.42 Å². The second-order valence-corrected chi connectivity index (χ2v) is 4.50. The largest absolute Gasteiger partial charge is 0.480 e. The van der Waals surface area contributed by atoms with Crippen molar-refractivity contribution in [3.63, 3.8) is 0 Å². The minimum atomic E-state index is -1.07. The van der Waals surface area contributed by atoms with Crippen molar-refractivity contribution < 1.29 is 19.1 Å². The minimum absolute atomic E-state index is 0.152. The quantitative estimate of drug-likeness (QED) is 0.844. The van der Waals surface area contributed by atoms with E-state index in [1.807, 2.05) is 13.8 Å². The van der Waals surface area contributed by atoms with Crippen LogP contribution >= 0.6 is 0 Å². The first-order valence-corrected chi connectivity index (χ1v) is 5.69. The van der Waals surface area contributed by atoms with Crippen molar-refractivity contribution in [2.45, 2.75) is 26.3 Å². The van der Waals surface area contributed by atoms with Gasteiger partial charge in [0.05, 0.1) is 0 Å². The molecule has 0 unspecified atom stereocenters. The molecule has 0 bridgehead atoms. The molecule has 0 aromatic heterocycles. The zero-order valence-electron chi connectivity index (χ0n) is 10.3. The first kappa shape index (κ1) is 14.2. The SMILES string of the molecule is CC(C)C[C@@H](NC(=O)c1ccc(F)cc1)C(=O)O. The molecule has 2 N–H and O–H groups in total. The van der Waals surface area contributed by atoms with Gasteiger partial charge in [0.25, 0.3) is 5.91 Å². The molecule has 4 nitrogen and oxygen atoms in total. The van der Waals surface area contributed by atoms with Crippen molar-refractivity contribution in [2.24, 2.45) is 5.92 Å². The van der Waals surface area contributed by atoms with Crippen molar-refractivity contribution in [1.82, 2.24) is 5.32 Å². The number of carboxylic acids is 1. The van der Waals surface area contributed by atoms with Crippen LogP contribution < -0.4 is 5.32 Å². The highest BCUT2D eigenvalue weighted by molar-refractivity contribution is 5.96. The van der Waals surface area contributed by atoms with Crippen molar-refractivity contribution in [2.75, 3.05) is 0 Å². The first-order chi connectivity index (χ1) is 8.40. The van der Waals surface area contributed by atoms with Crippen LogP contribution in [0.3, 0.4) is 0 Å². The number of rotatable bonds is 5. The molecule has 1 atom stereocenters. The van der Waals surface area contributed by atoms with Crippen molar-refractivity contribution >= 4 is 11.9 Å². The lowest BCUT2D eigenvalue weighted by molar-refractivity contribution is -0.139. The molecule has 0 aliphatic rings. The fourth-order valence-corrected chi connectivity index (χ4v) is 1.54. The fraction of sp³-hybridized carbons (Fsp3) is 0.385. The minimum Gasteiger partial charge on any atom is -0.480 e. The van der Waals surface area contributed by atoms with E-state index in [-0.39, 0.29) is 11.5 Å². The number of carbonyl (C=O) groups is 2. The Hall–Kier alpha value is -1.91. The van der Waals surface area contributed by atoms with Crippen LogP contribution in [0.15, 0.2) is 24.3 Å². The van der Waals surface area contributed by atoms with E-state index in [1.54, 1.807) is 0 Å². The Morgan fingerprint density at radius 2 is 1.83 bits per heavy atom. The van der Waals surface area contributed by atoms with Gasteiger partial charge in [-0.15, -0.1) is 0 Å². The monoisotopic (exact) mass is 253 g/mol. The zero-order valence-corrected chi connectivity index (χ0v) is 10.3. The number of aliphatic carboxylic acids is 1. The summed E-state index contributed by atoms with van der Waals surface area (Å²) in [5, 5.41) is 11.4. The lowest BCUT2D eigenvalue weighted by atomic mass is 10.0. The third-order valence-electron chi connectivity index (χ3n) is 2.42. The number of hydrogen-bond donors (Lipinski definition) is 2. The first-order valence-electron chi connectivity index (χ1n) is 5.69. The lowest BCUT2D eigenvalue weighted by Gasteiger charge is -2.16. The van der Waals surface area contributed by atoms with Gasteiger partial charge in [0.2, 0.25) is 0 Å². The van der Waals surface area contributed by atoms with Crippen LogP contribution in [0.5, 0.6) is 0 Å². The van der Waals surface area contributed by atoms with Gasteiger partial charge in [-0.05, 0) is 36.6 Å². The predicted molar refractivity (Wildman–Crippen MR) is 64.7 cm³/mol. The van der Waals surface area contributed by atoms with Crippen LogP contribution in [-0.2, 0) is 4.79 Å². The third-order valence-corrected chi connectivity index (χ3v) is 2.42. The van der Waals surface area contributed by atoms with Crippen LogP contribution in [-0.4, -0.2) is 23.0 Å². The van der Waals surface area contributed by atoms with Crippen LogP contribution in [0.2, 0.25) is 0 Å². The van der Waals surface area contributed by atoms with Gasteiger partial charge in [-0.2, -0.15) is 0 Å². The van der Waals surface area contributed by atoms with Gasteiger partial charge >= 0.3 is 5.97 Å². The molecule has 0 aliphatic heterocycles. The normalized spacial score (nSPS) is 12.2. The van der Waals surface area contributed by atoms with Crippen LogP contribution in [0.4, 0.5) is 4.39 Å².